The smallest absolute Gasteiger partial charge is 0.264 e. The van der Waals surface area contributed by atoms with E-state index in [0.717, 1.165) is 39.3 Å². The lowest BCUT2D eigenvalue weighted by molar-refractivity contribution is 0.0738. The monoisotopic (exact) mass is 388 g/mol. The molecule has 7 nitrogen and oxygen atoms in total. The van der Waals surface area contributed by atoms with Crippen LogP contribution >= 0.6 is 23.1 Å². The fourth-order valence-corrected chi connectivity index (χ4v) is 4.60. The van der Waals surface area contributed by atoms with Crippen LogP contribution in [0.5, 0.6) is 0 Å². The van der Waals surface area contributed by atoms with Crippen LogP contribution in [-0.2, 0) is 27.1 Å². The zero-order valence-corrected chi connectivity index (χ0v) is 16.6. The minimum Gasteiger partial charge on any atom is -0.333 e. The molecule has 1 amide bonds. The molecule has 136 valence electrons. The summed E-state index contributed by atoms with van der Waals surface area (Å²) >= 11 is 3.14. The van der Waals surface area contributed by atoms with Crippen LogP contribution in [0.25, 0.3) is 11.5 Å². The summed E-state index contributed by atoms with van der Waals surface area (Å²) in [5.41, 5.74) is 3.07. The number of aromatic nitrogens is 5. The first-order chi connectivity index (χ1) is 12.6. The summed E-state index contributed by atoms with van der Waals surface area (Å²) in [6, 6.07) is 3.79. The number of aryl methyl sites for hydroxylation is 1. The van der Waals surface area contributed by atoms with Crippen LogP contribution in [0.2, 0.25) is 0 Å². The Labute approximate surface area is 160 Å². The van der Waals surface area contributed by atoms with E-state index >= 15 is 0 Å². The van der Waals surface area contributed by atoms with Crippen molar-refractivity contribution in [2.24, 2.45) is 14.1 Å². The van der Waals surface area contributed by atoms with Gasteiger partial charge in [0.25, 0.3) is 5.91 Å². The van der Waals surface area contributed by atoms with E-state index in [4.69, 9.17) is 5.10 Å². The second kappa shape index (κ2) is 6.88. The van der Waals surface area contributed by atoms with Crippen molar-refractivity contribution in [1.29, 1.82) is 0 Å². The van der Waals surface area contributed by atoms with E-state index in [1.807, 2.05) is 45.8 Å². The van der Waals surface area contributed by atoms with Crippen LogP contribution in [0.1, 0.15) is 27.9 Å². The average Bonchev–Trinajstić information content (AvgIpc) is 3.36. The number of hydrogen-bond donors (Lipinski definition) is 0. The molecule has 0 aliphatic carbocycles. The molecule has 3 aromatic heterocycles. The maximum Gasteiger partial charge on any atom is 0.264 e. The third-order valence-corrected chi connectivity index (χ3v) is 6.34. The Hall–Kier alpha value is -2.13. The molecule has 0 spiro atoms. The highest BCUT2D eigenvalue weighted by Gasteiger charge is 2.30. The number of amides is 1. The van der Waals surface area contributed by atoms with Crippen molar-refractivity contribution in [3.8, 4) is 11.5 Å². The van der Waals surface area contributed by atoms with Crippen LogP contribution in [-0.4, -0.2) is 47.6 Å². The average molecular weight is 389 g/mol. The molecule has 4 rings (SSSR count). The standard InChI is InChI=1S/C17H20N6OS2/c1-4-25-17-19-18-15(21(17)2)14-11-10-23(8-7-12(11)22(3)20-14)16(24)13-6-5-9-26-13/h5-6,9H,4,7-8,10H2,1-3H3. The van der Waals surface area contributed by atoms with Gasteiger partial charge in [-0.1, -0.05) is 24.8 Å². The van der Waals surface area contributed by atoms with Crippen LogP contribution in [0.3, 0.4) is 0 Å². The Morgan fingerprint density at radius 1 is 1.35 bits per heavy atom. The molecule has 4 heterocycles. The van der Waals surface area contributed by atoms with Crippen molar-refractivity contribution in [2.45, 2.75) is 25.0 Å². The molecule has 9 heteroatoms. The molecule has 0 fully saturated rings. The van der Waals surface area contributed by atoms with E-state index in [-0.39, 0.29) is 5.91 Å². The van der Waals surface area contributed by atoms with Gasteiger partial charge in [-0.15, -0.1) is 21.5 Å². The van der Waals surface area contributed by atoms with Gasteiger partial charge in [0, 0.05) is 38.3 Å². The van der Waals surface area contributed by atoms with Crippen molar-refractivity contribution in [3.05, 3.63) is 33.6 Å². The number of carbonyl (C=O) groups is 1. The second-order valence-electron chi connectivity index (χ2n) is 6.15. The number of thioether (sulfide) groups is 1. The quantitative estimate of drug-likeness (QED) is 0.643. The molecule has 1 aliphatic rings. The van der Waals surface area contributed by atoms with Crippen molar-refractivity contribution in [2.75, 3.05) is 12.3 Å². The Morgan fingerprint density at radius 3 is 2.92 bits per heavy atom. The first-order valence-electron chi connectivity index (χ1n) is 8.50. The maximum absolute atomic E-state index is 12.8. The fourth-order valence-electron chi connectivity index (χ4n) is 3.28. The zero-order chi connectivity index (χ0) is 18.3. The minimum absolute atomic E-state index is 0.0839. The molecule has 0 aromatic carbocycles. The van der Waals surface area contributed by atoms with Crippen molar-refractivity contribution < 1.29 is 4.79 Å². The van der Waals surface area contributed by atoms with E-state index in [0.29, 0.717) is 13.1 Å². The normalized spacial score (nSPS) is 13.9. The summed E-state index contributed by atoms with van der Waals surface area (Å²) in [5, 5.41) is 16.2. The highest BCUT2D eigenvalue weighted by Crippen LogP contribution is 2.31. The van der Waals surface area contributed by atoms with Gasteiger partial charge in [-0.2, -0.15) is 5.10 Å². The van der Waals surface area contributed by atoms with Gasteiger partial charge >= 0.3 is 0 Å². The van der Waals surface area contributed by atoms with Crippen molar-refractivity contribution in [3.63, 3.8) is 0 Å². The van der Waals surface area contributed by atoms with Crippen LogP contribution in [0.15, 0.2) is 22.7 Å². The van der Waals surface area contributed by atoms with E-state index < -0.39 is 0 Å². The number of hydrogen-bond acceptors (Lipinski definition) is 6. The number of thiophene rings is 1. The minimum atomic E-state index is 0.0839. The summed E-state index contributed by atoms with van der Waals surface area (Å²) in [6.07, 6.45) is 0.796. The van der Waals surface area contributed by atoms with Crippen molar-refractivity contribution >= 4 is 29.0 Å². The predicted molar refractivity (Wildman–Crippen MR) is 102 cm³/mol. The third-order valence-electron chi connectivity index (χ3n) is 4.58. The molecule has 0 saturated carbocycles. The van der Waals surface area contributed by atoms with Gasteiger partial charge in [-0.25, -0.2) is 0 Å². The number of fused-ring (bicyclic) bond motifs is 1. The topological polar surface area (TPSA) is 68.8 Å². The lowest BCUT2D eigenvalue weighted by atomic mass is 10.0. The summed E-state index contributed by atoms with van der Waals surface area (Å²) < 4.78 is 3.90. The number of nitrogens with zero attached hydrogens (tertiary/aromatic N) is 6. The molecule has 0 atom stereocenters. The van der Waals surface area contributed by atoms with Crippen LogP contribution in [0.4, 0.5) is 0 Å². The van der Waals surface area contributed by atoms with Crippen molar-refractivity contribution in [1.82, 2.24) is 29.4 Å². The summed E-state index contributed by atoms with van der Waals surface area (Å²) in [5.74, 6) is 1.78. The SMILES string of the molecule is CCSc1nnc(-c2nn(C)c3c2CN(C(=O)c2cccs2)CC3)n1C. The van der Waals surface area contributed by atoms with E-state index in [2.05, 4.69) is 17.1 Å². The molecule has 0 saturated heterocycles. The predicted octanol–water partition coefficient (Wildman–Crippen LogP) is 2.59. The molecule has 0 radical (unpaired) electrons. The second-order valence-corrected chi connectivity index (χ2v) is 8.33. The highest BCUT2D eigenvalue weighted by molar-refractivity contribution is 7.99. The lowest BCUT2D eigenvalue weighted by Crippen LogP contribution is -2.36. The lowest BCUT2D eigenvalue weighted by Gasteiger charge is -2.27. The largest absolute Gasteiger partial charge is 0.333 e. The van der Waals surface area contributed by atoms with E-state index in [1.54, 1.807) is 11.8 Å². The summed E-state index contributed by atoms with van der Waals surface area (Å²) in [4.78, 5) is 15.4. The molecule has 3 aromatic rings. The number of rotatable bonds is 4. The maximum atomic E-state index is 12.8. The highest BCUT2D eigenvalue weighted by atomic mass is 32.2. The zero-order valence-electron chi connectivity index (χ0n) is 15.0. The van der Waals surface area contributed by atoms with Gasteiger partial charge in [0.2, 0.25) is 0 Å². The van der Waals surface area contributed by atoms with Gasteiger partial charge in [0.1, 0.15) is 5.69 Å². The first-order valence-corrected chi connectivity index (χ1v) is 10.4. The van der Waals surface area contributed by atoms with Gasteiger partial charge in [0.05, 0.1) is 11.4 Å². The molecular weight excluding hydrogens is 368 g/mol. The van der Waals surface area contributed by atoms with E-state index in [1.165, 1.54) is 17.0 Å². The Kier molecular flexibility index (Phi) is 4.58. The number of carbonyl (C=O) groups excluding carboxylic acids is 1. The first kappa shape index (κ1) is 17.3. The fraction of sp³-hybridized carbons (Fsp3) is 0.412. The van der Waals surface area contributed by atoms with Gasteiger partial charge in [0.15, 0.2) is 11.0 Å². The molecule has 0 bridgehead atoms. The Balaban J connectivity index is 1.69. The summed E-state index contributed by atoms with van der Waals surface area (Å²) in [6.45, 7) is 3.35. The van der Waals surface area contributed by atoms with Gasteiger partial charge in [-0.3, -0.25) is 9.48 Å². The van der Waals surface area contributed by atoms with Crippen LogP contribution in [0, 0.1) is 0 Å². The Morgan fingerprint density at radius 2 is 2.19 bits per heavy atom. The summed E-state index contributed by atoms with van der Waals surface area (Å²) in [7, 11) is 3.92. The van der Waals surface area contributed by atoms with Gasteiger partial charge in [-0.05, 0) is 17.2 Å². The van der Waals surface area contributed by atoms with E-state index in [9.17, 15) is 4.79 Å². The molecule has 0 unspecified atom stereocenters. The molecule has 1 aliphatic heterocycles. The molecular formula is C17H20N6OS2. The molecule has 0 N–H and O–H groups in total. The molecule has 26 heavy (non-hydrogen) atoms. The van der Waals surface area contributed by atoms with Gasteiger partial charge < -0.3 is 9.47 Å². The third kappa shape index (κ3) is 2.84. The van der Waals surface area contributed by atoms with Crippen LogP contribution < -0.4 is 0 Å². The Bertz CT molecular complexity index is 943.